The number of nitrogens with zero attached hydrogens (tertiary/aromatic N) is 1. The van der Waals surface area contributed by atoms with Crippen LogP contribution in [-0.2, 0) is 14.8 Å². The molecule has 0 saturated carbocycles. The van der Waals surface area contributed by atoms with E-state index in [4.69, 9.17) is 5.11 Å². The second-order valence-corrected chi connectivity index (χ2v) is 11.0. The van der Waals surface area contributed by atoms with E-state index in [9.17, 15) is 17.6 Å². The van der Waals surface area contributed by atoms with Gasteiger partial charge in [0, 0.05) is 19.4 Å². The van der Waals surface area contributed by atoms with Crippen LogP contribution in [0, 0.1) is 9.39 Å². The first-order chi connectivity index (χ1) is 14.7. The smallest absolute Gasteiger partial charge is 0.303 e. The fourth-order valence-corrected chi connectivity index (χ4v) is 6.36. The molecule has 2 aromatic rings. The molecular formula is C23H27FINO4S. The van der Waals surface area contributed by atoms with Gasteiger partial charge >= 0.3 is 5.97 Å². The van der Waals surface area contributed by atoms with Crippen molar-refractivity contribution < 1.29 is 22.7 Å². The highest BCUT2D eigenvalue weighted by atomic mass is 127. The molecule has 2 aromatic carbocycles. The Bertz CT molecular complexity index is 1060. The van der Waals surface area contributed by atoms with Gasteiger partial charge in [-0.3, -0.25) is 9.10 Å². The van der Waals surface area contributed by atoms with E-state index in [0.717, 1.165) is 44.1 Å². The number of carboxylic acid groups (broad SMARTS) is 1. The Morgan fingerprint density at radius 2 is 1.71 bits per heavy atom. The Kier molecular flexibility index (Phi) is 7.96. The molecule has 0 spiro atoms. The van der Waals surface area contributed by atoms with E-state index in [0.29, 0.717) is 21.2 Å². The predicted octanol–water partition coefficient (Wildman–Crippen LogP) is 5.91. The molecule has 0 aromatic heterocycles. The van der Waals surface area contributed by atoms with Gasteiger partial charge in [0.2, 0.25) is 0 Å². The van der Waals surface area contributed by atoms with Crippen LogP contribution < -0.4 is 4.31 Å². The van der Waals surface area contributed by atoms with Crippen molar-refractivity contribution in [2.24, 2.45) is 0 Å². The number of fused-ring (bicyclic) bond motifs is 2. The van der Waals surface area contributed by atoms with Crippen molar-refractivity contribution in [2.45, 2.75) is 62.2 Å². The fraction of sp³-hybridized carbons (Fsp3) is 0.435. The molecule has 1 unspecified atom stereocenters. The topological polar surface area (TPSA) is 74.7 Å². The van der Waals surface area contributed by atoms with Gasteiger partial charge in [-0.15, -0.1) is 0 Å². The van der Waals surface area contributed by atoms with Crippen LogP contribution in [0.25, 0.3) is 0 Å². The Labute approximate surface area is 196 Å². The van der Waals surface area contributed by atoms with Crippen molar-refractivity contribution in [1.29, 1.82) is 0 Å². The summed E-state index contributed by atoms with van der Waals surface area (Å²) in [5.41, 5.74) is 2.05. The standard InChI is InChI=1S/C23H27FINO4S/c1-26-21-12-9-8-11-17(21)16(10-6-4-2-3-5-7-13-23(27)28)18-14-19(24)20(25)15-22(18)31(26,29)30/h8-9,11-12,14-16H,2-7,10,13H2,1H3,(H,27,28). The van der Waals surface area contributed by atoms with E-state index < -0.39 is 21.8 Å². The minimum atomic E-state index is -3.78. The van der Waals surface area contributed by atoms with Crippen molar-refractivity contribution >= 4 is 44.3 Å². The minimum Gasteiger partial charge on any atom is -0.481 e. The molecule has 0 saturated heterocycles. The predicted molar refractivity (Wildman–Crippen MR) is 128 cm³/mol. The molecule has 0 amide bonds. The summed E-state index contributed by atoms with van der Waals surface area (Å²) in [5.74, 6) is -1.36. The van der Waals surface area contributed by atoms with Crippen molar-refractivity contribution in [3.8, 4) is 0 Å². The van der Waals surface area contributed by atoms with Crippen LogP contribution in [-0.4, -0.2) is 26.5 Å². The fourth-order valence-electron chi connectivity index (χ4n) is 4.20. The first kappa shape index (κ1) is 24.0. The molecule has 0 bridgehead atoms. The molecule has 31 heavy (non-hydrogen) atoms. The van der Waals surface area contributed by atoms with Crippen LogP contribution in [0.15, 0.2) is 41.3 Å². The van der Waals surface area contributed by atoms with Gasteiger partial charge in [0.15, 0.2) is 0 Å². The van der Waals surface area contributed by atoms with Crippen molar-refractivity contribution in [1.82, 2.24) is 0 Å². The Hall–Kier alpha value is -1.68. The van der Waals surface area contributed by atoms with Crippen LogP contribution >= 0.6 is 22.6 Å². The monoisotopic (exact) mass is 559 g/mol. The van der Waals surface area contributed by atoms with Crippen molar-refractivity contribution in [3.63, 3.8) is 0 Å². The van der Waals surface area contributed by atoms with E-state index in [-0.39, 0.29) is 17.2 Å². The molecule has 1 atom stereocenters. The number of carboxylic acids is 1. The van der Waals surface area contributed by atoms with Gasteiger partial charge in [-0.1, -0.05) is 50.3 Å². The average molecular weight is 559 g/mol. The van der Waals surface area contributed by atoms with Gasteiger partial charge in [0.05, 0.1) is 14.2 Å². The normalized spacial score (nSPS) is 17.0. The molecule has 0 fully saturated rings. The van der Waals surface area contributed by atoms with Crippen molar-refractivity contribution in [3.05, 3.63) is 56.9 Å². The number of sulfonamides is 1. The summed E-state index contributed by atoms with van der Waals surface area (Å²) in [4.78, 5) is 10.8. The summed E-state index contributed by atoms with van der Waals surface area (Å²) < 4.78 is 42.6. The molecule has 1 heterocycles. The first-order valence-corrected chi connectivity index (χ1v) is 13.0. The highest BCUT2D eigenvalue weighted by Crippen LogP contribution is 2.44. The third-order valence-electron chi connectivity index (χ3n) is 5.85. The number of carbonyl (C=O) groups is 1. The van der Waals surface area contributed by atoms with Gasteiger partial charge in [-0.25, -0.2) is 12.8 Å². The molecule has 1 aliphatic rings. The molecule has 1 N–H and O–H groups in total. The SMILES string of the molecule is CN1c2ccccc2C(CCCCCCCCC(=O)O)c2cc(F)c(I)cc2S1(=O)=O. The van der Waals surface area contributed by atoms with Gasteiger partial charge in [0.1, 0.15) is 5.82 Å². The lowest BCUT2D eigenvalue weighted by Crippen LogP contribution is -2.26. The second kappa shape index (κ2) is 10.3. The number of rotatable bonds is 9. The summed E-state index contributed by atoms with van der Waals surface area (Å²) in [7, 11) is -2.23. The number of hydrogen-bond donors (Lipinski definition) is 1. The van der Waals surface area contributed by atoms with Crippen LogP contribution in [0.5, 0.6) is 0 Å². The van der Waals surface area contributed by atoms with Gasteiger partial charge < -0.3 is 5.11 Å². The number of aliphatic carboxylic acids is 1. The van der Waals surface area contributed by atoms with Crippen LogP contribution in [0.2, 0.25) is 0 Å². The largest absolute Gasteiger partial charge is 0.481 e. The van der Waals surface area contributed by atoms with Gasteiger partial charge in [-0.05, 0) is 64.8 Å². The number of para-hydroxylation sites is 1. The number of anilines is 1. The number of benzene rings is 2. The summed E-state index contributed by atoms with van der Waals surface area (Å²) in [6.07, 6.45) is 6.36. The molecular weight excluding hydrogens is 532 g/mol. The lowest BCUT2D eigenvalue weighted by atomic mass is 9.85. The summed E-state index contributed by atoms with van der Waals surface area (Å²) >= 11 is 1.83. The third kappa shape index (κ3) is 5.39. The average Bonchev–Trinajstić information content (AvgIpc) is 2.79. The lowest BCUT2D eigenvalue weighted by Gasteiger charge is -2.21. The summed E-state index contributed by atoms with van der Waals surface area (Å²) in [5, 5.41) is 8.70. The maximum atomic E-state index is 14.5. The highest BCUT2D eigenvalue weighted by molar-refractivity contribution is 14.1. The van der Waals surface area contributed by atoms with Crippen LogP contribution in [0.4, 0.5) is 10.1 Å². The Balaban J connectivity index is 1.82. The maximum Gasteiger partial charge on any atom is 0.303 e. The zero-order chi connectivity index (χ0) is 22.6. The Morgan fingerprint density at radius 1 is 1.06 bits per heavy atom. The zero-order valence-corrected chi connectivity index (χ0v) is 20.5. The zero-order valence-electron chi connectivity index (χ0n) is 17.5. The number of unbranched alkanes of at least 4 members (excludes halogenated alkanes) is 5. The quantitative estimate of drug-likeness (QED) is 0.307. The van der Waals surface area contributed by atoms with Crippen LogP contribution in [0.1, 0.15) is 68.4 Å². The molecule has 1 aliphatic heterocycles. The van der Waals surface area contributed by atoms with Crippen LogP contribution in [0.3, 0.4) is 0 Å². The van der Waals surface area contributed by atoms with E-state index in [1.165, 1.54) is 16.4 Å². The van der Waals surface area contributed by atoms with Crippen molar-refractivity contribution in [2.75, 3.05) is 11.4 Å². The minimum absolute atomic E-state index is 0.177. The molecule has 5 nitrogen and oxygen atoms in total. The molecule has 0 radical (unpaired) electrons. The second-order valence-electron chi connectivity index (χ2n) is 7.94. The number of hydrogen-bond acceptors (Lipinski definition) is 3. The summed E-state index contributed by atoms with van der Waals surface area (Å²) in [6.45, 7) is 0. The molecule has 3 rings (SSSR count). The highest BCUT2D eigenvalue weighted by Gasteiger charge is 2.35. The molecule has 0 aliphatic carbocycles. The first-order valence-electron chi connectivity index (χ1n) is 10.5. The van der Waals surface area contributed by atoms with E-state index in [1.54, 1.807) is 13.1 Å². The van der Waals surface area contributed by atoms with E-state index in [1.807, 2.05) is 40.8 Å². The third-order valence-corrected chi connectivity index (χ3v) is 8.51. The molecule has 8 heteroatoms. The van der Waals surface area contributed by atoms with Gasteiger partial charge in [-0.2, -0.15) is 0 Å². The lowest BCUT2D eigenvalue weighted by molar-refractivity contribution is -0.137. The Morgan fingerprint density at radius 3 is 2.42 bits per heavy atom. The van der Waals surface area contributed by atoms with Gasteiger partial charge in [0.25, 0.3) is 10.0 Å². The maximum absolute atomic E-state index is 14.5. The summed E-state index contributed by atoms with van der Waals surface area (Å²) in [6, 6.07) is 10.3. The number of halogens is 2. The van der Waals surface area contributed by atoms with E-state index in [2.05, 4.69) is 0 Å². The molecule has 168 valence electrons. The van der Waals surface area contributed by atoms with E-state index >= 15 is 0 Å².